The minimum Gasteiger partial charge on any atom is -0.497 e. The average Bonchev–Trinajstić information content (AvgIpc) is 2.69. The largest absolute Gasteiger partial charge is 0.497 e. The van der Waals surface area contributed by atoms with Gasteiger partial charge in [0.15, 0.2) is 11.6 Å². The van der Waals surface area contributed by atoms with Gasteiger partial charge in [0, 0.05) is 11.8 Å². The maximum Gasteiger partial charge on any atom is 0.255 e. The summed E-state index contributed by atoms with van der Waals surface area (Å²) in [7, 11) is 1.53. The Hall–Kier alpha value is -3.82. The van der Waals surface area contributed by atoms with Gasteiger partial charge in [-0.3, -0.25) is 0 Å². The van der Waals surface area contributed by atoms with Crippen LogP contribution in [0.25, 0.3) is 0 Å². The van der Waals surface area contributed by atoms with Crippen molar-refractivity contribution in [2.45, 2.75) is 13.8 Å². The average molecular weight is 416 g/mol. The minimum atomic E-state index is -0.837. The Morgan fingerprint density at radius 3 is 2.43 bits per heavy atom. The predicted molar refractivity (Wildman–Crippen MR) is 110 cm³/mol. The van der Waals surface area contributed by atoms with Crippen molar-refractivity contribution in [3.05, 3.63) is 59.4 Å². The zero-order chi connectivity index (χ0) is 21.8. The summed E-state index contributed by atoms with van der Waals surface area (Å²) >= 11 is 0. The van der Waals surface area contributed by atoms with Gasteiger partial charge in [0.2, 0.25) is 5.82 Å². The number of nitrogens with two attached hydrogens (primary N) is 1. The summed E-state index contributed by atoms with van der Waals surface area (Å²) in [4.78, 5) is 11.9. The number of amidine groups is 1. The fourth-order valence-corrected chi connectivity index (χ4v) is 2.62. The summed E-state index contributed by atoms with van der Waals surface area (Å²) < 4.78 is 46.7. The number of hydrogen-bond acceptors (Lipinski definition) is 6. The van der Waals surface area contributed by atoms with E-state index in [1.54, 1.807) is 31.2 Å². The molecule has 0 radical (unpaired) electrons. The highest BCUT2D eigenvalue weighted by molar-refractivity contribution is 5.95. The molecule has 3 aromatic rings. The first-order chi connectivity index (χ1) is 14.3. The third-order valence-electron chi connectivity index (χ3n) is 4.04. The number of aliphatic imine (C=N–C) groups is 1. The van der Waals surface area contributed by atoms with Gasteiger partial charge in [-0.05, 0) is 49.7 Å². The summed E-state index contributed by atoms with van der Waals surface area (Å²) in [6.07, 6.45) is 0. The molecule has 0 atom stereocenters. The van der Waals surface area contributed by atoms with Crippen LogP contribution < -0.4 is 21.1 Å². The molecule has 1 heterocycles. The second-order valence-electron chi connectivity index (χ2n) is 6.33. The van der Waals surface area contributed by atoms with Crippen LogP contribution in [0.15, 0.2) is 41.4 Å². The number of hydrogen-bond donors (Lipinski definition) is 3. The van der Waals surface area contributed by atoms with Gasteiger partial charge < -0.3 is 21.1 Å². The van der Waals surface area contributed by atoms with Gasteiger partial charge in [0.05, 0.1) is 12.8 Å². The minimum absolute atomic E-state index is 0.0596. The van der Waals surface area contributed by atoms with Crippen molar-refractivity contribution in [3.63, 3.8) is 0 Å². The van der Waals surface area contributed by atoms with E-state index < -0.39 is 23.3 Å². The lowest BCUT2D eigenvalue weighted by Crippen LogP contribution is -2.11. The molecule has 1 aromatic heterocycles. The first-order valence-corrected chi connectivity index (χ1v) is 8.79. The topological polar surface area (TPSA) is 97.5 Å². The Morgan fingerprint density at radius 2 is 1.80 bits per heavy atom. The number of nitrogens with zero attached hydrogens (tertiary/aromatic N) is 3. The number of nitrogen functional groups attached to an aromatic ring is 1. The van der Waals surface area contributed by atoms with Gasteiger partial charge in [-0.1, -0.05) is 0 Å². The molecular weight excluding hydrogens is 397 g/mol. The van der Waals surface area contributed by atoms with E-state index in [0.29, 0.717) is 17.0 Å². The first kappa shape index (κ1) is 20.9. The van der Waals surface area contributed by atoms with E-state index >= 15 is 0 Å². The number of benzene rings is 2. The molecule has 0 aliphatic heterocycles. The number of ether oxygens (including phenoxy) is 1. The van der Waals surface area contributed by atoms with Crippen LogP contribution in [0, 0.1) is 24.4 Å². The third kappa shape index (κ3) is 4.77. The van der Waals surface area contributed by atoms with Crippen molar-refractivity contribution in [1.82, 2.24) is 9.97 Å². The van der Waals surface area contributed by atoms with Crippen molar-refractivity contribution >= 4 is 34.8 Å². The molecule has 3 rings (SSSR count). The smallest absolute Gasteiger partial charge is 0.255 e. The zero-order valence-electron chi connectivity index (χ0n) is 16.4. The van der Waals surface area contributed by atoms with E-state index in [2.05, 4.69) is 25.6 Å². The van der Waals surface area contributed by atoms with Gasteiger partial charge in [-0.2, -0.15) is 19.4 Å². The van der Waals surface area contributed by atoms with Crippen LogP contribution in [-0.4, -0.2) is 22.9 Å². The highest BCUT2D eigenvalue weighted by Gasteiger charge is 2.14. The number of nitrogens with one attached hydrogen (secondary N) is 2. The number of aryl methyl sites for hydroxylation is 1. The number of halogens is 3. The molecule has 0 bridgehead atoms. The maximum atomic E-state index is 14.4. The Labute approximate surface area is 170 Å². The van der Waals surface area contributed by atoms with Gasteiger partial charge in [-0.25, -0.2) is 8.78 Å². The number of anilines is 4. The van der Waals surface area contributed by atoms with Crippen LogP contribution in [0.2, 0.25) is 0 Å². The standard InChI is InChI=1S/C20H19F3N6O/c1-10-8-12(21)9-15(22)17(10)25-11(2)26-20-28-18(24)16(23)19(29-20)27-13-4-6-14(30-3)7-5-13/h4-9H,1-3H3,(H4,24,25,26,27,28,29). The Balaban J connectivity index is 1.87. The molecule has 0 amide bonds. The number of methoxy groups -OCH3 is 1. The van der Waals surface area contributed by atoms with E-state index in [9.17, 15) is 13.2 Å². The summed E-state index contributed by atoms with van der Waals surface area (Å²) in [5.74, 6) is -2.19. The van der Waals surface area contributed by atoms with Gasteiger partial charge in [-0.15, -0.1) is 0 Å². The highest BCUT2D eigenvalue weighted by Crippen LogP contribution is 2.25. The van der Waals surface area contributed by atoms with E-state index in [4.69, 9.17) is 10.5 Å². The van der Waals surface area contributed by atoms with Crippen LogP contribution in [-0.2, 0) is 0 Å². The maximum absolute atomic E-state index is 14.4. The van der Waals surface area contributed by atoms with E-state index in [0.717, 1.165) is 6.07 Å². The molecule has 0 aliphatic rings. The SMILES string of the molecule is COc1ccc(Nc2nc(N=C(C)Nc3c(C)cc(F)cc3F)nc(N)c2F)cc1. The molecule has 0 fully saturated rings. The number of aromatic nitrogens is 2. The molecule has 0 aliphatic carbocycles. The summed E-state index contributed by atoms with van der Waals surface area (Å²) in [5.41, 5.74) is 6.59. The quantitative estimate of drug-likeness (QED) is 0.412. The number of rotatable bonds is 5. The Bertz CT molecular complexity index is 1080. The molecule has 156 valence electrons. The molecule has 30 heavy (non-hydrogen) atoms. The van der Waals surface area contributed by atoms with Crippen molar-refractivity contribution in [2.24, 2.45) is 4.99 Å². The van der Waals surface area contributed by atoms with Gasteiger partial charge >= 0.3 is 0 Å². The summed E-state index contributed by atoms with van der Waals surface area (Å²) in [6, 6.07) is 8.67. The molecular formula is C20H19F3N6O. The molecule has 7 nitrogen and oxygen atoms in total. The van der Waals surface area contributed by atoms with Crippen LogP contribution in [0.5, 0.6) is 5.75 Å². The van der Waals surface area contributed by atoms with E-state index in [1.165, 1.54) is 20.1 Å². The van der Waals surface area contributed by atoms with Crippen LogP contribution in [0.4, 0.5) is 42.1 Å². The monoisotopic (exact) mass is 416 g/mol. The summed E-state index contributed by atoms with van der Waals surface area (Å²) in [6.45, 7) is 3.08. The van der Waals surface area contributed by atoms with Crippen molar-refractivity contribution < 1.29 is 17.9 Å². The zero-order valence-corrected chi connectivity index (χ0v) is 16.4. The molecule has 4 N–H and O–H groups in total. The molecule has 0 saturated carbocycles. The van der Waals surface area contributed by atoms with Gasteiger partial charge in [0.25, 0.3) is 5.95 Å². The lowest BCUT2D eigenvalue weighted by atomic mass is 10.2. The van der Waals surface area contributed by atoms with Crippen LogP contribution in [0.1, 0.15) is 12.5 Å². The lowest BCUT2D eigenvalue weighted by Gasteiger charge is -2.11. The molecule has 2 aromatic carbocycles. The fraction of sp³-hybridized carbons (Fsp3) is 0.150. The normalized spacial score (nSPS) is 11.3. The second-order valence-corrected chi connectivity index (χ2v) is 6.33. The lowest BCUT2D eigenvalue weighted by molar-refractivity contribution is 0.415. The van der Waals surface area contributed by atoms with Crippen LogP contribution >= 0.6 is 0 Å². The van der Waals surface area contributed by atoms with E-state index in [1.807, 2.05) is 0 Å². The fourth-order valence-electron chi connectivity index (χ4n) is 2.62. The Kier molecular flexibility index (Phi) is 6.05. The second kappa shape index (κ2) is 8.68. The van der Waals surface area contributed by atoms with Crippen molar-refractivity contribution in [2.75, 3.05) is 23.5 Å². The Morgan fingerprint density at radius 1 is 1.10 bits per heavy atom. The molecule has 0 saturated heterocycles. The highest BCUT2D eigenvalue weighted by atomic mass is 19.1. The van der Waals surface area contributed by atoms with Crippen LogP contribution in [0.3, 0.4) is 0 Å². The summed E-state index contributed by atoms with van der Waals surface area (Å²) in [5, 5.41) is 5.53. The van der Waals surface area contributed by atoms with Gasteiger partial charge in [0.1, 0.15) is 23.2 Å². The van der Waals surface area contributed by atoms with E-state index in [-0.39, 0.29) is 23.3 Å². The molecule has 10 heteroatoms. The molecule has 0 spiro atoms. The predicted octanol–water partition coefficient (Wildman–Crippen LogP) is 4.70. The first-order valence-electron chi connectivity index (χ1n) is 8.79. The van der Waals surface area contributed by atoms with Crippen molar-refractivity contribution in [1.29, 1.82) is 0 Å². The molecule has 0 unspecified atom stereocenters. The third-order valence-corrected chi connectivity index (χ3v) is 4.04. The van der Waals surface area contributed by atoms with Crippen molar-refractivity contribution in [3.8, 4) is 5.75 Å².